The van der Waals surface area contributed by atoms with Gasteiger partial charge >= 0.3 is 5.97 Å². The smallest absolute Gasteiger partial charge is 0.339 e. The Labute approximate surface area is 173 Å². The van der Waals surface area contributed by atoms with Crippen LogP contribution in [0, 0.1) is 6.92 Å². The van der Waals surface area contributed by atoms with Crippen LogP contribution in [-0.4, -0.2) is 32.2 Å². The van der Waals surface area contributed by atoms with Gasteiger partial charge in [0.15, 0.2) is 11.5 Å². The summed E-state index contributed by atoms with van der Waals surface area (Å²) in [4.78, 5) is 24.7. The van der Waals surface area contributed by atoms with Gasteiger partial charge in [-0.15, -0.1) is 0 Å². The molecule has 150 valence electrons. The molecule has 0 heterocycles. The Kier molecular flexibility index (Phi) is 7.87. The Morgan fingerprint density at radius 3 is 2.32 bits per heavy atom. The zero-order valence-corrected chi connectivity index (χ0v) is 18.0. The number of hydrogen-bond donors (Lipinski definition) is 1. The highest BCUT2D eigenvalue weighted by Crippen LogP contribution is 2.34. The summed E-state index contributed by atoms with van der Waals surface area (Å²) in [5, 5.41) is 2.83. The molecule has 0 spiro atoms. The molecular weight excluding hydrogens is 426 g/mol. The van der Waals surface area contributed by atoms with E-state index in [0.29, 0.717) is 36.0 Å². The summed E-state index contributed by atoms with van der Waals surface area (Å²) in [7, 11) is 1.31. The molecule has 1 amide bonds. The van der Waals surface area contributed by atoms with Crippen LogP contribution in [0.4, 0.5) is 5.69 Å². The molecule has 0 saturated carbocycles. The zero-order valence-electron chi connectivity index (χ0n) is 16.4. The maximum atomic E-state index is 12.7. The number of methoxy groups -OCH3 is 1. The average Bonchev–Trinajstić information content (AvgIpc) is 2.66. The highest BCUT2D eigenvalue weighted by molar-refractivity contribution is 9.10. The van der Waals surface area contributed by atoms with Gasteiger partial charge in [0.1, 0.15) is 0 Å². The summed E-state index contributed by atoms with van der Waals surface area (Å²) in [6.07, 6.45) is 0.0992. The van der Waals surface area contributed by atoms with Crippen LogP contribution in [0.2, 0.25) is 0 Å². The molecule has 0 bridgehead atoms. The minimum Gasteiger partial charge on any atom is -0.490 e. The van der Waals surface area contributed by atoms with Gasteiger partial charge in [0, 0.05) is 4.47 Å². The minimum atomic E-state index is -0.500. The van der Waals surface area contributed by atoms with Gasteiger partial charge in [0.05, 0.1) is 38.0 Å². The van der Waals surface area contributed by atoms with Gasteiger partial charge in [-0.2, -0.15) is 0 Å². The average molecular weight is 450 g/mol. The number of para-hydroxylation sites is 1. The number of ether oxygens (including phenoxy) is 3. The number of benzene rings is 2. The molecule has 7 heteroatoms. The van der Waals surface area contributed by atoms with Crippen molar-refractivity contribution in [2.45, 2.75) is 27.2 Å². The van der Waals surface area contributed by atoms with Crippen LogP contribution >= 0.6 is 15.9 Å². The van der Waals surface area contributed by atoms with Crippen LogP contribution in [0.1, 0.15) is 35.3 Å². The molecule has 1 N–H and O–H groups in total. The lowest BCUT2D eigenvalue weighted by atomic mass is 10.1. The Hall–Kier alpha value is -2.54. The van der Waals surface area contributed by atoms with E-state index in [1.54, 1.807) is 24.3 Å². The number of halogens is 1. The first kappa shape index (κ1) is 21.8. The standard InChI is InChI=1S/C21H24BrNO5/c1-5-27-17-10-14(16(22)12-18(17)28-6-2)11-19(24)23-20-13(3)8-7-9-15(20)21(25)26-4/h7-10,12H,5-6,11H2,1-4H3,(H,23,24). The number of carbonyl (C=O) groups is 2. The van der Waals surface area contributed by atoms with Crippen LogP contribution < -0.4 is 14.8 Å². The lowest BCUT2D eigenvalue weighted by Crippen LogP contribution is -2.18. The van der Waals surface area contributed by atoms with Crippen LogP contribution in [-0.2, 0) is 16.0 Å². The van der Waals surface area contributed by atoms with Crippen molar-refractivity contribution in [3.63, 3.8) is 0 Å². The van der Waals surface area contributed by atoms with E-state index in [4.69, 9.17) is 14.2 Å². The molecule has 0 aliphatic carbocycles. The second-order valence-electron chi connectivity index (χ2n) is 5.97. The molecule has 0 fully saturated rings. The fourth-order valence-corrected chi connectivity index (χ4v) is 3.18. The Morgan fingerprint density at radius 2 is 1.71 bits per heavy atom. The predicted octanol–water partition coefficient (Wildman–Crippen LogP) is 4.52. The number of anilines is 1. The van der Waals surface area contributed by atoms with E-state index in [-0.39, 0.29) is 12.3 Å². The molecular formula is C21H24BrNO5. The number of hydrogen-bond acceptors (Lipinski definition) is 5. The highest BCUT2D eigenvalue weighted by atomic mass is 79.9. The van der Waals surface area contributed by atoms with Crippen molar-refractivity contribution in [1.29, 1.82) is 0 Å². The molecule has 0 aliphatic heterocycles. The topological polar surface area (TPSA) is 73.9 Å². The van der Waals surface area contributed by atoms with E-state index in [9.17, 15) is 9.59 Å². The maximum absolute atomic E-state index is 12.7. The van der Waals surface area contributed by atoms with E-state index in [1.165, 1.54) is 7.11 Å². The van der Waals surface area contributed by atoms with E-state index < -0.39 is 5.97 Å². The SMILES string of the molecule is CCOc1cc(Br)c(CC(=O)Nc2c(C)cccc2C(=O)OC)cc1OCC. The summed E-state index contributed by atoms with van der Waals surface area (Å²) in [6, 6.07) is 8.77. The van der Waals surface area contributed by atoms with E-state index in [2.05, 4.69) is 21.2 Å². The Bertz CT molecular complexity index is 866. The van der Waals surface area contributed by atoms with Gasteiger partial charge in [-0.05, 0) is 50.1 Å². The molecule has 0 radical (unpaired) electrons. The Balaban J connectivity index is 2.27. The summed E-state index contributed by atoms with van der Waals surface area (Å²) >= 11 is 3.49. The predicted molar refractivity (Wildman–Crippen MR) is 111 cm³/mol. The second kappa shape index (κ2) is 10.1. The van der Waals surface area contributed by atoms with E-state index in [1.807, 2.05) is 26.8 Å². The van der Waals surface area contributed by atoms with Gasteiger partial charge in [-0.1, -0.05) is 28.1 Å². The van der Waals surface area contributed by atoms with Gasteiger partial charge in [0.25, 0.3) is 0 Å². The largest absolute Gasteiger partial charge is 0.490 e. The third kappa shape index (κ3) is 5.25. The zero-order chi connectivity index (χ0) is 20.7. The summed E-state index contributed by atoms with van der Waals surface area (Å²) in [5.74, 6) is 0.445. The summed E-state index contributed by atoms with van der Waals surface area (Å²) in [5.41, 5.74) is 2.29. The van der Waals surface area contributed by atoms with E-state index >= 15 is 0 Å². The van der Waals surface area contributed by atoms with E-state index in [0.717, 1.165) is 15.6 Å². The third-order valence-corrected chi connectivity index (χ3v) is 4.74. The fourth-order valence-electron chi connectivity index (χ4n) is 2.72. The molecule has 0 saturated heterocycles. The second-order valence-corrected chi connectivity index (χ2v) is 6.82. The van der Waals surface area contributed by atoms with Crippen LogP contribution in [0.15, 0.2) is 34.8 Å². The molecule has 0 atom stereocenters. The molecule has 0 aromatic heterocycles. The first-order chi connectivity index (χ1) is 13.4. The van der Waals surface area contributed by atoms with Crippen molar-refractivity contribution >= 4 is 33.5 Å². The minimum absolute atomic E-state index is 0.0992. The van der Waals surface area contributed by atoms with Crippen molar-refractivity contribution < 1.29 is 23.8 Å². The van der Waals surface area contributed by atoms with Crippen molar-refractivity contribution in [2.75, 3.05) is 25.6 Å². The fraction of sp³-hybridized carbons (Fsp3) is 0.333. The summed E-state index contributed by atoms with van der Waals surface area (Å²) in [6.45, 7) is 6.60. The first-order valence-electron chi connectivity index (χ1n) is 8.97. The number of rotatable bonds is 8. The first-order valence-corrected chi connectivity index (χ1v) is 9.76. The van der Waals surface area contributed by atoms with Gasteiger partial charge in [0.2, 0.25) is 5.91 Å². The quantitative estimate of drug-likeness (QED) is 0.599. The van der Waals surface area contributed by atoms with Crippen LogP contribution in [0.5, 0.6) is 11.5 Å². The van der Waals surface area contributed by atoms with Crippen molar-refractivity contribution in [3.05, 3.63) is 51.5 Å². The van der Waals surface area contributed by atoms with Crippen LogP contribution in [0.3, 0.4) is 0 Å². The van der Waals surface area contributed by atoms with Crippen molar-refractivity contribution in [3.8, 4) is 11.5 Å². The number of aryl methyl sites for hydroxylation is 1. The molecule has 2 aromatic carbocycles. The Morgan fingerprint density at radius 1 is 1.07 bits per heavy atom. The van der Waals surface area contributed by atoms with Gasteiger partial charge in [-0.3, -0.25) is 4.79 Å². The number of amides is 1. The molecule has 0 unspecified atom stereocenters. The normalized spacial score (nSPS) is 10.3. The van der Waals surface area contributed by atoms with Gasteiger partial charge < -0.3 is 19.5 Å². The number of nitrogens with one attached hydrogen (secondary N) is 1. The van der Waals surface area contributed by atoms with Crippen LogP contribution in [0.25, 0.3) is 0 Å². The van der Waals surface area contributed by atoms with Crippen molar-refractivity contribution in [1.82, 2.24) is 0 Å². The third-order valence-electron chi connectivity index (χ3n) is 4.01. The lowest BCUT2D eigenvalue weighted by molar-refractivity contribution is -0.115. The highest BCUT2D eigenvalue weighted by Gasteiger charge is 2.18. The molecule has 28 heavy (non-hydrogen) atoms. The monoisotopic (exact) mass is 449 g/mol. The summed E-state index contributed by atoms with van der Waals surface area (Å²) < 4.78 is 16.8. The van der Waals surface area contributed by atoms with Gasteiger partial charge in [-0.25, -0.2) is 4.79 Å². The maximum Gasteiger partial charge on any atom is 0.339 e. The lowest BCUT2D eigenvalue weighted by Gasteiger charge is -2.15. The van der Waals surface area contributed by atoms with Crippen molar-refractivity contribution in [2.24, 2.45) is 0 Å². The number of esters is 1. The number of carbonyl (C=O) groups excluding carboxylic acids is 2. The molecule has 2 aromatic rings. The molecule has 0 aliphatic rings. The molecule has 6 nitrogen and oxygen atoms in total. The molecule has 2 rings (SSSR count).